The largest absolute Gasteiger partial charge is 0.381 e. The van der Waals surface area contributed by atoms with Crippen LogP contribution in [0.4, 0.5) is 5.69 Å². The zero-order chi connectivity index (χ0) is 13.1. The Morgan fingerprint density at radius 2 is 1.94 bits per heavy atom. The maximum Gasteiger partial charge on any atom is 0.158 e. The van der Waals surface area contributed by atoms with Gasteiger partial charge in [0.15, 0.2) is 5.65 Å². The number of aromatic nitrogens is 3. The second-order valence-electron chi connectivity index (χ2n) is 4.98. The van der Waals surface area contributed by atoms with Crippen molar-refractivity contribution in [1.82, 2.24) is 14.8 Å². The van der Waals surface area contributed by atoms with Crippen LogP contribution in [0.25, 0.3) is 11.0 Å². The molecule has 18 heavy (non-hydrogen) atoms. The van der Waals surface area contributed by atoms with E-state index in [1.165, 1.54) is 0 Å². The number of hydrogen-bond acceptors (Lipinski definition) is 3. The topological polar surface area (TPSA) is 42.7 Å². The Balaban J connectivity index is 2.28. The Kier molecular flexibility index (Phi) is 3.84. The Morgan fingerprint density at radius 1 is 1.22 bits per heavy atom. The quantitative estimate of drug-likeness (QED) is 0.876. The lowest BCUT2D eigenvalue weighted by Gasteiger charge is -2.16. The Bertz CT molecular complexity index is 511. The van der Waals surface area contributed by atoms with E-state index in [2.05, 4.69) is 49.2 Å². The molecule has 2 aromatic heterocycles. The van der Waals surface area contributed by atoms with Crippen LogP contribution in [0.2, 0.25) is 0 Å². The van der Waals surface area contributed by atoms with Crippen LogP contribution < -0.4 is 5.32 Å². The number of hydrogen-bond donors (Lipinski definition) is 1. The Labute approximate surface area is 108 Å². The lowest BCUT2D eigenvalue weighted by atomic mass is 10.1. The molecule has 0 spiro atoms. The molecule has 0 aliphatic heterocycles. The summed E-state index contributed by atoms with van der Waals surface area (Å²) in [6.45, 7) is 8.63. The van der Waals surface area contributed by atoms with Gasteiger partial charge in [-0.05, 0) is 32.8 Å². The number of fused-ring (bicyclic) bond motifs is 1. The maximum atomic E-state index is 4.52. The van der Waals surface area contributed by atoms with Crippen LogP contribution in [0.1, 0.15) is 46.6 Å². The van der Waals surface area contributed by atoms with E-state index < -0.39 is 0 Å². The van der Waals surface area contributed by atoms with Gasteiger partial charge in [-0.3, -0.25) is 0 Å². The van der Waals surface area contributed by atoms with Gasteiger partial charge in [-0.1, -0.05) is 13.8 Å². The summed E-state index contributed by atoms with van der Waals surface area (Å²) in [5, 5.41) is 8.99. The van der Waals surface area contributed by atoms with Crippen molar-refractivity contribution in [2.75, 3.05) is 5.32 Å². The van der Waals surface area contributed by atoms with Crippen molar-refractivity contribution in [2.45, 2.75) is 52.6 Å². The van der Waals surface area contributed by atoms with E-state index in [-0.39, 0.29) is 0 Å². The predicted molar refractivity (Wildman–Crippen MR) is 75.9 cm³/mol. The molecular formula is C14H22N4. The Hall–Kier alpha value is -1.58. The van der Waals surface area contributed by atoms with E-state index in [0.29, 0.717) is 12.1 Å². The van der Waals surface area contributed by atoms with E-state index in [9.17, 15) is 0 Å². The summed E-state index contributed by atoms with van der Waals surface area (Å²) >= 11 is 0. The summed E-state index contributed by atoms with van der Waals surface area (Å²) in [5.74, 6) is 0. The van der Waals surface area contributed by atoms with Crippen molar-refractivity contribution >= 4 is 16.7 Å². The van der Waals surface area contributed by atoms with Crippen molar-refractivity contribution in [3.8, 4) is 0 Å². The van der Waals surface area contributed by atoms with Gasteiger partial charge in [0.1, 0.15) is 0 Å². The third-order valence-corrected chi connectivity index (χ3v) is 3.28. The number of anilines is 1. The molecule has 0 bridgehead atoms. The molecule has 0 saturated heterocycles. The van der Waals surface area contributed by atoms with E-state index >= 15 is 0 Å². The van der Waals surface area contributed by atoms with Gasteiger partial charge in [0.2, 0.25) is 0 Å². The first-order chi connectivity index (χ1) is 8.65. The highest BCUT2D eigenvalue weighted by molar-refractivity contribution is 5.78. The van der Waals surface area contributed by atoms with Crippen molar-refractivity contribution in [1.29, 1.82) is 0 Å². The molecule has 1 N–H and O–H groups in total. The van der Waals surface area contributed by atoms with Crippen LogP contribution in [0.5, 0.6) is 0 Å². The minimum Gasteiger partial charge on any atom is -0.381 e. The second-order valence-corrected chi connectivity index (χ2v) is 4.98. The number of nitrogens with zero attached hydrogens (tertiary/aromatic N) is 3. The summed E-state index contributed by atoms with van der Waals surface area (Å²) in [6, 6.07) is 2.99. The molecule has 2 aromatic rings. The summed E-state index contributed by atoms with van der Waals surface area (Å²) in [6.07, 6.45) is 6.04. The standard InChI is InChI=1S/C14H22N4/c1-5-12(6-2)17-13-7-11-8-16-18(10(3)4)14(11)15-9-13/h7-10,12,17H,5-6H2,1-4H3. The second kappa shape index (κ2) is 5.38. The van der Waals surface area contributed by atoms with Gasteiger partial charge >= 0.3 is 0 Å². The van der Waals surface area contributed by atoms with Crippen molar-refractivity contribution < 1.29 is 0 Å². The normalized spacial score (nSPS) is 11.7. The molecule has 0 fully saturated rings. The van der Waals surface area contributed by atoms with Crippen LogP contribution in [0.15, 0.2) is 18.5 Å². The lowest BCUT2D eigenvalue weighted by molar-refractivity contribution is 0.546. The average molecular weight is 246 g/mol. The monoisotopic (exact) mass is 246 g/mol. The molecule has 0 amide bonds. The van der Waals surface area contributed by atoms with E-state index in [1.54, 1.807) is 0 Å². The van der Waals surface area contributed by atoms with Gasteiger partial charge in [-0.25, -0.2) is 9.67 Å². The number of rotatable bonds is 5. The first-order valence-corrected chi connectivity index (χ1v) is 6.75. The molecule has 0 radical (unpaired) electrons. The van der Waals surface area contributed by atoms with E-state index in [4.69, 9.17) is 0 Å². The molecule has 0 atom stereocenters. The molecule has 4 heteroatoms. The lowest BCUT2D eigenvalue weighted by Crippen LogP contribution is -2.17. The minimum atomic E-state index is 0.341. The van der Waals surface area contributed by atoms with Crippen molar-refractivity contribution in [2.24, 2.45) is 0 Å². The number of nitrogens with one attached hydrogen (secondary N) is 1. The van der Waals surface area contributed by atoms with Crippen LogP contribution in [-0.4, -0.2) is 20.8 Å². The molecule has 98 valence electrons. The zero-order valence-electron chi connectivity index (χ0n) is 11.6. The highest BCUT2D eigenvalue weighted by atomic mass is 15.3. The van der Waals surface area contributed by atoms with Gasteiger partial charge in [0.25, 0.3) is 0 Å². The summed E-state index contributed by atoms with van der Waals surface area (Å²) in [4.78, 5) is 4.52. The van der Waals surface area contributed by atoms with Gasteiger partial charge in [0.05, 0.1) is 18.1 Å². The van der Waals surface area contributed by atoms with Crippen LogP contribution >= 0.6 is 0 Å². The van der Waals surface area contributed by atoms with Gasteiger partial charge in [-0.15, -0.1) is 0 Å². The third kappa shape index (κ3) is 2.47. The van der Waals surface area contributed by atoms with Crippen LogP contribution in [0.3, 0.4) is 0 Å². The molecule has 0 unspecified atom stereocenters. The van der Waals surface area contributed by atoms with Gasteiger partial charge in [0, 0.05) is 17.5 Å². The third-order valence-electron chi connectivity index (χ3n) is 3.28. The van der Waals surface area contributed by atoms with E-state index in [1.807, 2.05) is 17.1 Å². The molecule has 0 aliphatic rings. The van der Waals surface area contributed by atoms with Crippen molar-refractivity contribution in [3.63, 3.8) is 0 Å². The van der Waals surface area contributed by atoms with Crippen LogP contribution in [-0.2, 0) is 0 Å². The maximum absolute atomic E-state index is 4.52. The van der Waals surface area contributed by atoms with Crippen LogP contribution in [0, 0.1) is 0 Å². The van der Waals surface area contributed by atoms with Gasteiger partial charge in [-0.2, -0.15) is 5.10 Å². The fraction of sp³-hybridized carbons (Fsp3) is 0.571. The first-order valence-electron chi connectivity index (χ1n) is 6.75. The SMILES string of the molecule is CCC(CC)Nc1cnc2c(cnn2C(C)C)c1. The minimum absolute atomic E-state index is 0.341. The number of pyridine rings is 1. The molecular weight excluding hydrogens is 224 g/mol. The fourth-order valence-electron chi connectivity index (χ4n) is 2.13. The van der Waals surface area contributed by atoms with E-state index in [0.717, 1.165) is 29.6 Å². The molecule has 0 saturated carbocycles. The molecule has 2 heterocycles. The molecule has 2 rings (SSSR count). The Morgan fingerprint density at radius 3 is 2.56 bits per heavy atom. The molecule has 0 aromatic carbocycles. The molecule has 0 aliphatic carbocycles. The highest BCUT2D eigenvalue weighted by Gasteiger charge is 2.09. The smallest absolute Gasteiger partial charge is 0.158 e. The zero-order valence-corrected chi connectivity index (χ0v) is 11.6. The average Bonchev–Trinajstić information content (AvgIpc) is 2.78. The summed E-state index contributed by atoms with van der Waals surface area (Å²) < 4.78 is 1.95. The highest BCUT2D eigenvalue weighted by Crippen LogP contribution is 2.20. The van der Waals surface area contributed by atoms with Crippen molar-refractivity contribution in [3.05, 3.63) is 18.5 Å². The fourth-order valence-corrected chi connectivity index (χ4v) is 2.13. The predicted octanol–water partition coefficient (Wildman–Crippen LogP) is 3.61. The molecule has 4 nitrogen and oxygen atoms in total. The van der Waals surface area contributed by atoms with Gasteiger partial charge < -0.3 is 5.32 Å². The first kappa shape index (κ1) is 12.9. The summed E-state index contributed by atoms with van der Waals surface area (Å²) in [7, 11) is 0. The summed E-state index contributed by atoms with van der Waals surface area (Å²) in [5.41, 5.74) is 2.04.